The van der Waals surface area contributed by atoms with Crippen LogP contribution in [-0.2, 0) is 9.47 Å². The van der Waals surface area contributed by atoms with Crippen molar-refractivity contribution in [3.8, 4) is 0 Å². The molecule has 0 aromatic rings. The predicted octanol–water partition coefficient (Wildman–Crippen LogP) is 1.89. The zero-order chi connectivity index (χ0) is 12.7. The molecule has 0 aliphatic carbocycles. The highest BCUT2D eigenvalue weighted by atomic mass is 16.5. The molecule has 0 atom stereocenters. The van der Waals surface area contributed by atoms with E-state index in [9.17, 15) is 0 Å². The van der Waals surface area contributed by atoms with Gasteiger partial charge in [0.25, 0.3) is 0 Å². The zero-order valence-electron chi connectivity index (χ0n) is 11.7. The van der Waals surface area contributed by atoms with Crippen LogP contribution in [-0.4, -0.2) is 57.0 Å². The van der Waals surface area contributed by atoms with Crippen molar-refractivity contribution in [2.45, 2.75) is 26.7 Å². The Bertz CT molecular complexity index is 230. The summed E-state index contributed by atoms with van der Waals surface area (Å²) < 4.78 is 10.2. The maximum absolute atomic E-state index is 5.10. The van der Waals surface area contributed by atoms with E-state index in [0.29, 0.717) is 0 Å². The van der Waals surface area contributed by atoms with E-state index in [4.69, 9.17) is 9.47 Å². The van der Waals surface area contributed by atoms with Crippen molar-refractivity contribution in [2.75, 3.05) is 47.2 Å². The smallest absolute Gasteiger partial charge is 0.0898 e. The van der Waals surface area contributed by atoms with Crippen molar-refractivity contribution in [3.63, 3.8) is 0 Å². The molecular weight excluding hydrogens is 216 g/mol. The van der Waals surface area contributed by atoms with E-state index in [2.05, 4.69) is 23.6 Å². The standard InChI is InChI=1S/C13H26N2O2/c1-12-13(2)15(8-6-10-17-4)11-14(12)7-5-9-16-3/h5-11H2,1-4H3. The summed E-state index contributed by atoms with van der Waals surface area (Å²) in [6.45, 7) is 9.27. The molecule has 0 N–H and O–H groups in total. The number of methoxy groups -OCH3 is 2. The minimum atomic E-state index is 0.840. The summed E-state index contributed by atoms with van der Waals surface area (Å²) in [4.78, 5) is 4.86. The average molecular weight is 242 g/mol. The van der Waals surface area contributed by atoms with Gasteiger partial charge in [-0.15, -0.1) is 0 Å². The molecule has 4 nitrogen and oxygen atoms in total. The Labute approximate surface area is 105 Å². The van der Waals surface area contributed by atoms with Crippen molar-refractivity contribution in [2.24, 2.45) is 0 Å². The zero-order valence-corrected chi connectivity index (χ0v) is 11.7. The molecule has 0 amide bonds. The van der Waals surface area contributed by atoms with E-state index in [0.717, 1.165) is 45.8 Å². The molecule has 0 spiro atoms. The third-order valence-corrected chi connectivity index (χ3v) is 3.37. The molecule has 0 saturated heterocycles. The van der Waals surface area contributed by atoms with E-state index in [1.807, 2.05) is 0 Å². The molecule has 0 unspecified atom stereocenters. The Balaban J connectivity index is 2.35. The first kappa shape index (κ1) is 14.3. The van der Waals surface area contributed by atoms with Gasteiger partial charge in [-0.25, -0.2) is 0 Å². The van der Waals surface area contributed by atoms with Gasteiger partial charge in [-0.1, -0.05) is 0 Å². The van der Waals surface area contributed by atoms with Gasteiger partial charge in [0.2, 0.25) is 0 Å². The molecule has 0 radical (unpaired) electrons. The second-order valence-electron chi connectivity index (χ2n) is 4.53. The third kappa shape index (κ3) is 4.21. The maximum atomic E-state index is 5.10. The average Bonchev–Trinajstić information content (AvgIpc) is 2.59. The molecule has 0 saturated carbocycles. The second kappa shape index (κ2) is 7.56. The highest BCUT2D eigenvalue weighted by molar-refractivity contribution is 5.13. The summed E-state index contributed by atoms with van der Waals surface area (Å²) in [5.41, 5.74) is 2.80. The summed E-state index contributed by atoms with van der Waals surface area (Å²) in [5, 5.41) is 0. The summed E-state index contributed by atoms with van der Waals surface area (Å²) in [5.74, 6) is 0. The van der Waals surface area contributed by atoms with Crippen LogP contribution in [0.2, 0.25) is 0 Å². The molecule has 100 valence electrons. The van der Waals surface area contributed by atoms with Gasteiger partial charge in [-0.05, 0) is 26.7 Å². The monoisotopic (exact) mass is 242 g/mol. The number of rotatable bonds is 8. The summed E-state index contributed by atoms with van der Waals surface area (Å²) in [6, 6.07) is 0. The van der Waals surface area contributed by atoms with E-state index in [-0.39, 0.29) is 0 Å². The number of hydrogen-bond acceptors (Lipinski definition) is 4. The highest BCUT2D eigenvalue weighted by Crippen LogP contribution is 2.23. The molecular formula is C13H26N2O2. The van der Waals surface area contributed by atoms with Crippen LogP contribution in [0.1, 0.15) is 26.7 Å². The van der Waals surface area contributed by atoms with Crippen LogP contribution < -0.4 is 0 Å². The largest absolute Gasteiger partial charge is 0.385 e. The van der Waals surface area contributed by atoms with Crippen molar-refractivity contribution in [1.29, 1.82) is 0 Å². The summed E-state index contributed by atoms with van der Waals surface area (Å²) >= 11 is 0. The Hall–Kier alpha value is -0.740. The van der Waals surface area contributed by atoms with Gasteiger partial charge in [-0.2, -0.15) is 0 Å². The van der Waals surface area contributed by atoms with Crippen LogP contribution >= 0.6 is 0 Å². The summed E-state index contributed by atoms with van der Waals surface area (Å²) in [7, 11) is 3.52. The molecule has 17 heavy (non-hydrogen) atoms. The fourth-order valence-electron chi connectivity index (χ4n) is 2.15. The predicted molar refractivity (Wildman–Crippen MR) is 69.6 cm³/mol. The van der Waals surface area contributed by atoms with Gasteiger partial charge in [0.1, 0.15) is 0 Å². The van der Waals surface area contributed by atoms with Gasteiger partial charge in [0.05, 0.1) is 6.67 Å². The lowest BCUT2D eigenvalue weighted by Crippen LogP contribution is -2.29. The number of hydrogen-bond donors (Lipinski definition) is 0. The maximum Gasteiger partial charge on any atom is 0.0898 e. The number of allylic oxidation sites excluding steroid dienone is 2. The lowest BCUT2D eigenvalue weighted by atomic mass is 10.3. The van der Waals surface area contributed by atoms with Crippen LogP contribution in [0, 0.1) is 0 Å². The van der Waals surface area contributed by atoms with E-state index < -0.39 is 0 Å². The lowest BCUT2D eigenvalue weighted by molar-refractivity contribution is 0.161. The first-order chi connectivity index (χ1) is 8.20. The van der Waals surface area contributed by atoms with Gasteiger partial charge in [-0.3, -0.25) is 0 Å². The topological polar surface area (TPSA) is 24.9 Å². The SMILES string of the molecule is COCCCN1CN(CCCOC)C(C)=C1C. The van der Waals surface area contributed by atoms with Crippen LogP contribution in [0.15, 0.2) is 11.4 Å². The molecule has 1 aliphatic rings. The lowest BCUT2D eigenvalue weighted by Gasteiger charge is -2.23. The Morgan fingerprint density at radius 2 is 1.29 bits per heavy atom. The first-order valence-corrected chi connectivity index (χ1v) is 6.36. The van der Waals surface area contributed by atoms with Crippen molar-refractivity contribution < 1.29 is 9.47 Å². The van der Waals surface area contributed by atoms with Crippen molar-refractivity contribution in [3.05, 3.63) is 11.4 Å². The van der Waals surface area contributed by atoms with Crippen LogP contribution in [0.5, 0.6) is 0 Å². The van der Waals surface area contributed by atoms with Crippen LogP contribution in [0.4, 0.5) is 0 Å². The van der Waals surface area contributed by atoms with Crippen LogP contribution in [0.25, 0.3) is 0 Å². The normalized spacial score (nSPS) is 16.2. The number of ether oxygens (including phenoxy) is 2. The molecule has 0 bridgehead atoms. The minimum absolute atomic E-state index is 0.840. The van der Waals surface area contributed by atoms with Crippen molar-refractivity contribution >= 4 is 0 Å². The third-order valence-electron chi connectivity index (χ3n) is 3.37. The van der Waals surface area contributed by atoms with Crippen LogP contribution in [0.3, 0.4) is 0 Å². The fourth-order valence-corrected chi connectivity index (χ4v) is 2.15. The Morgan fingerprint density at radius 3 is 1.65 bits per heavy atom. The van der Waals surface area contributed by atoms with E-state index in [1.54, 1.807) is 14.2 Å². The highest BCUT2D eigenvalue weighted by Gasteiger charge is 2.21. The Morgan fingerprint density at radius 1 is 0.882 bits per heavy atom. The van der Waals surface area contributed by atoms with Gasteiger partial charge in [0, 0.05) is 51.9 Å². The first-order valence-electron chi connectivity index (χ1n) is 6.36. The minimum Gasteiger partial charge on any atom is -0.385 e. The van der Waals surface area contributed by atoms with Crippen molar-refractivity contribution in [1.82, 2.24) is 9.80 Å². The Kier molecular flexibility index (Phi) is 6.37. The molecule has 1 rings (SSSR count). The van der Waals surface area contributed by atoms with Gasteiger partial charge in [0.15, 0.2) is 0 Å². The van der Waals surface area contributed by atoms with E-state index in [1.165, 1.54) is 11.4 Å². The molecule has 0 fully saturated rings. The molecule has 0 aromatic carbocycles. The molecule has 1 heterocycles. The fraction of sp³-hybridized carbons (Fsp3) is 0.846. The summed E-state index contributed by atoms with van der Waals surface area (Å²) in [6.07, 6.45) is 2.18. The quantitative estimate of drug-likeness (QED) is 0.607. The number of nitrogens with zero attached hydrogens (tertiary/aromatic N) is 2. The molecule has 4 heteroatoms. The van der Waals surface area contributed by atoms with Gasteiger partial charge < -0.3 is 19.3 Å². The van der Waals surface area contributed by atoms with E-state index >= 15 is 0 Å². The second-order valence-corrected chi connectivity index (χ2v) is 4.53. The molecule has 0 aromatic heterocycles. The van der Waals surface area contributed by atoms with Gasteiger partial charge >= 0.3 is 0 Å². The molecule has 1 aliphatic heterocycles.